The maximum Gasteiger partial charge on any atom is 0.522 e. The van der Waals surface area contributed by atoms with Crippen LogP contribution in [0.5, 0.6) is 11.5 Å². The second-order valence-electron chi connectivity index (χ2n) is 7.83. The largest absolute Gasteiger partial charge is 0.522 e. The summed E-state index contributed by atoms with van der Waals surface area (Å²) in [6.45, 7) is -0.398. The van der Waals surface area contributed by atoms with Crippen molar-refractivity contribution in [2.45, 2.75) is 24.5 Å². The fourth-order valence-electron chi connectivity index (χ4n) is 4.24. The van der Waals surface area contributed by atoms with Gasteiger partial charge in [0.2, 0.25) is 0 Å². The average molecular weight is 485 g/mol. The van der Waals surface area contributed by atoms with E-state index in [1.165, 1.54) is 37.4 Å². The van der Waals surface area contributed by atoms with E-state index in [0.29, 0.717) is 24.1 Å². The Morgan fingerprint density at radius 2 is 2.00 bits per heavy atom. The summed E-state index contributed by atoms with van der Waals surface area (Å²) in [6, 6.07) is 10.6. The van der Waals surface area contributed by atoms with Crippen molar-refractivity contribution in [2.24, 2.45) is 0 Å². The number of hydrogen-bond acceptors (Lipinski definition) is 6. The number of hydrogen-bond donors (Lipinski definition) is 0. The van der Waals surface area contributed by atoms with Gasteiger partial charge in [-0.05, 0) is 35.9 Å². The number of carbonyl (C=O) groups excluding carboxylic acids is 1. The zero-order valence-electron chi connectivity index (χ0n) is 18.3. The number of methoxy groups -OCH3 is 1. The molecular weight excluding hydrogens is 462 g/mol. The molecule has 0 N–H and O–H groups in total. The zero-order valence-corrected chi connectivity index (χ0v) is 18.3. The Morgan fingerprint density at radius 1 is 1.18 bits per heavy atom. The van der Waals surface area contributed by atoms with Crippen molar-refractivity contribution < 1.29 is 46.0 Å². The molecule has 7 nitrogen and oxygen atoms in total. The number of carbonyl (C=O) groups is 1. The normalized spacial score (nSPS) is 22.4. The molecule has 2 heterocycles. The minimum Gasteiger partial charge on any atom is -0.493 e. The van der Waals surface area contributed by atoms with Gasteiger partial charge in [0.15, 0.2) is 11.5 Å². The van der Waals surface area contributed by atoms with Crippen LogP contribution in [0.25, 0.3) is 0 Å². The average Bonchev–Trinajstić information content (AvgIpc) is 3.25. The predicted molar refractivity (Wildman–Crippen MR) is 110 cm³/mol. The predicted octanol–water partition coefficient (Wildman–Crippen LogP) is 3.86. The molecule has 2 fully saturated rings. The van der Waals surface area contributed by atoms with Crippen LogP contribution < -0.4 is 9.47 Å². The third-order valence-electron chi connectivity index (χ3n) is 5.86. The van der Waals surface area contributed by atoms with E-state index in [9.17, 15) is 22.4 Å². The molecule has 0 bridgehead atoms. The topological polar surface area (TPSA) is 66.5 Å². The quantitative estimate of drug-likeness (QED) is 0.438. The van der Waals surface area contributed by atoms with Gasteiger partial charge in [-0.3, -0.25) is 9.53 Å². The summed E-state index contributed by atoms with van der Waals surface area (Å²) >= 11 is 0. The number of likely N-dealkylation sites (tertiary alicyclic amines) is 1. The van der Waals surface area contributed by atoms with Crippen LogP contribution in [-0.4, -0.2) is 63.5 Å². The maximum atomic E-state index is 13.8. The Balaban J connectivity index is 1.43. The van der Waals surface area contributed by atoms with Gasteiger partial charge < -0.3 is 23.8 Å². The Bertz CT molecular complexity index is 1030. The van der Waals surface area contributed by atoms with Crippen LogP contribution in [0.15, 0.2) is 42.5 Å². The number of rotatable bonds is 7. The molecule has 2 aromatic carbocycles. The number of ether oxygens (including phenoxy) is 5. The SMILES string of the molecule is COc1cc(C(=O)N2CC[C@@]3(c4cccc(F)c4)OCOC3C2)ccc1OCCOC(F)(F)F. The lowest BCUT2D eigenvalue weighted by molar-refractivity contribution is -0.325. The lowest BCUT2D eigenvalue weighted by Crippen LogP contribution is -2.53. The van der Waals surface area contributed by atoms with E-state index < -0.39 is 24.7 Å². The highest BCUT2D eigenvalue weighted by atomic mass is 19.4. The molecule has 4 rings (SSSR count). The van der Waals surface area contributed by atoms with E-state index in [0.717, 1.165) is 0 Å². The summed E-state index contributed by atoms with van der Waals surface area (Å²) in [6.07, 6.45) is -4.78. The molecule has 0 saturated carbocycles. The van der Waals surface area contributed by atoms with Crippen molar-refractivity contribution in [3.05, 3.63) is 59.4 Å². The van der Waals surface area contributed by atoms with Crippen molar-refractivity contribution in [1.82, 2.24) is 4.90 Å². The highest BCUT2D eigenvalue weighted by molar-refractivity contribution is 5.95. The Kier molecular flexibility index (Phi) is 6.96. The molecule has 1 amide bonds. The van der Waals surface area contributed by atoms with Crippen LogP contribution in [0, 0.1) is 5.82 Å². The number of halogens is 4. The minimum absolute atomic E-state index is 0.0428. The second kappa shape index (κ2) is 9.77. The molecule has 2 aliphatic heterocycles. The van der Waals surface area contributed by atoms with Gasteiger partial charge in [-0.1, -0.05) is 12.1 Å². The van der Waals surface area contributed by atoms with Crippen molar-refractivity contribution in [3.63, 3.8) is 0 Å². The van der Waals surface area contributed by atoms with Crippen LogP contribution in [-0.2, 0) is 19.8 Å². The van der Waals surface area contributed by atoms with Gasteiger partial charge in [0.1, 0.15) is 30.9 Å². The zero-order chi connectivity index (χ0) is 24.3. The molecule has 2 atom stereocenters. The Labute approximate surface area is 193 Å². The Hall–Kier alpha value is -2.89. The lowest BCUT2D eigenvalue weighted by Gasteiger charge is -2.42. The van der Waals surface area contributed by atoms with Crippen molar-refractivity contribution >= 4 is 5.91 Å². The first kappa shape index (κ1) is 24.2. The number of alkyl halides is 3. The summed E-state index contributed by atoms with van der Waals surface area (Å²) in [5.41, 5.74) is 0.153. The third kappa shape index (κ3) is 5.11. The highest BCUT2D eigenvalue weighted by Crippen LogP contribution is 2.43. The van der Waals surface area contributed by atoms with Gasteiger partial charge in [-0.2, -0.15) is 0 Å². The number of amides is 1. The van der Waals surface area contributed by atoms with Crippen molar-refractivity contribution in [2.75, 3.05) is 40.2 Å². The van der Waals surface area contributed by atoms with E-state index in [1.807, 2.05) is 0 Å². The molecule has 34 heavy (non-hydrogen) atoms. The van der Waals surface area contributed by atoms with Gasteiger partial charge in [0.05, 0.1) is 20.3 Å². The van der Waals surface area contributed by atoms with Gasteiger partial charge in [0, 0.05) is 18.5 Å². The molecule has 1 unspecified atom stereocenters. The van der Waals surface area contributed by atoms with Crippen LogP contribution >= 0.6 is 0 Å². The number of piperidine rings is 1. The molecule has 0 aromatic heterocycles. The van der Waals surface area contributed by atoms with Crippen LogP contribution in [0.3, 0.4) is 0 Å². The monoisotopic (exact) mass is 485 g/mol. The number of benzene rings is 2. The third-order valence-corrected chi connectivity index (χ3v) is 5.86. The lowest BCUT2D eigenvalue weighted by atomic mass is 9.82. The van der Waals surface area contributed by atoms with Crippen molar-refractivity contribution in [3.8, 4) is 11.5 Å². The van der Waals surface area contributed by atoms with Crippen LogP contribution in [0.4, 0.5) is 17.6 Å². The molecular formula is C23H23F4NO6. The van der Waals surface area contributed by atoms with Gasteiger partial charge in [0.25, 0.3) is 5.91 Å². The fourth-order valence-corrected chi connectivity index (χ4v) is 4.24. The summed E-state index contributed by atoms with van der Waals surface area (Å²) in [4.78, 5) is 14.8. The van der Waals surface area contributed by atoms with E-state index in [1.54, 1.807) is 17.0 Å². The summed E-state index contributed by atoms with van der Waals surface area (Å²) in [5, 5.41) is 0. The van der Waals surface area contributed by atoms with Gasteiger partial charge >= 0.3 is 6.36 Å². The number of fused-ring (bicyclic) bond motifs is 1. The van der Waals surface area contributed by atoms with E-state index in [-0.39, 0.29) is 43.2 Å². The first-order valence-electron chi connectivity index (χ1n) is 10.5. The molecule has 0 radical (unpaired) electrons. The fraction of sp³-hybridized carbons (Fsp3) is 0.435. The second-order valence-corrected chi connectivity index (χ2v) is 7.83. The highest BCUT2D eigenvalue weighted by Gasteiger charge is 2.51. The van der Waals surface area contributed by atoms with E-state index >= 15 is 0 Å². The first-order valence-corrected chi connectivity index (χ1v) is 10.5. The summed E-state index contributed by atoms with van der Waals surface area (Å²) in [7, 11) is 1.36. The molecule has 0 aliphatic carbocycles. The van der Waals surface area contributed by atoms with E-state index in [4.69, 9.17) is 18.9 Å². The Morgan fingerprint density at radius 3 is 2.74 bits per heavy atom. The molecule has 0 spiro atoms. The standard InChI is InChI=1S/C23H23F4NO6/c1-30-19-11-15(5-6-18(19)31-9-10-33-23(25,26)27)21(29)28-8-7-22(20(13-28)32-14-34-22)16-3-2-4-17(24)12-16/h2-6,11-12,20H,7-10,13-14H2,1H3/t20?,22-/m0/s1. The molecule has 2 saturated heterocycles. The number of nitrogens with zero attached hydrogens (tertiary/aromatic N) is 1. The molecule has 2 aromatic rings. The molecule has 184 valence electrons. The van der Waals surface area contributed by atoms with Crippen LogP contribution in [0.1, 0.15) is 22.3 Å². The van der Waals surface area contributed by atoms with E-state index in [2.05, 4.69) is 4.74 Å². The molecule has 11 heteroatoms. The van der Waals surface area contributed by atoms with Gasteiger partial charge in [-0.25, -0.2) is 4.39 Å². The summed E-state index contributed by atoms with van der Waals surface area (Å²) < 4.78 is 75.9. The first-order chi connectivity index (χ1) is 16.2. The minimum atomic E-state index is -4.74. The molecule has 2 aliphatic rings. The van der Waals surface area contributed by atoms with Gasteiger partial charge in [-0.15, -0.1) is 13.2 Å². The maximum absolute atomic E-state index is 13.8. The smallest absolute Gasteiger partial charge is 0.493 e. The van der Waals surface area contributed by atoms with Crippen molar-refractivity contribution in [1.29, 1.82) is 0 Å². The van der Waals surface area contributed by atoms with Crippen LogP contribution in [0.2, 0.25) is 0 Å². The summed E-state index contributed by atoms with van der Waals surface area (Å²) in [5.74, 6) is -0.279.